The van der Waals surface area contributed by atoms with Crippen molar-refractivity contribution in [3.05, 3.63) is 29.8 Å². The lowest BCUT2D eigenvalue weighted by Crippen LogP contribution is -2.44. The summed E-state index contributed by atoms with van der Waals surface area (Å²) in [5.41, 5.74) is 7.40. The summed E-state index contributed by atoms with van der Waals surface area (Å²) in [4.78, 5) is 2.08. The van der Waals surface area contributed by atoms with Gasteiger partial charge >= 0.3 is 0 Å². The van der Waals surface area contributed by atoms with Gasteiger partial charge in [0.2, 0.25) is 0 Å². The normalized spacial score (nSPS) is 29.1. The number of hydrogen-bond donors (Lipinski definition) is 1. The van der Waals surface area contributed by atoms with Crippen LogP contribution in [-0.4, -0.2) is 56.8 Å². The minimum atomic E-state index is -3.01. The van der Waals surface area contributed by atoms with Crippen molar-refractivity contribution in [3.63, 3.8) is 0 Å². The van der Waals surface area contributed by atoms with Crippen LogP contribution in [0.5, 0.6) is 0 Å². The average molecular weight is 358 g/mol. The minimum Gasteiger partial charge on any atom is -0.399 e. The fourth-order valence-electron chi connectivity index (χ4n) is 3.46. The molecule has 23 heavy (non-hydrogen) atoms. The summed E-state index contributed by atoms with van der Waals surface area (Å²) in [6.07, 6.45) is 1.15. The van der Waals surface area contributed by atoms with Gasteiger partial charge in [0.1, 0.15) is 0 Å². The highest BCUT2D eigenvalue weighted by molar-refractivity contribution is 7.92. The number of nitrogen functional groups attached to an aromatic ring is 1. The lowest BCUT2D eigenvalue weighted by Gasteiger charge is -2.33. The molecular weight excluding hydrogens is 336 g/mol. The molecule has 1 aromatic carbocycles. The lowest BCUT2D eigenvalue weighted by atomic mass is 10.1. The van der Waals surface area contributed by atoms with E-state index in [1.807, 2.05) is 24.3 Å². The second-order valence-corrected chi connectivity index (χ2v) is 11.0. The van der Waals surface area contributed by atoms with Crippen LogP contribution in [0.2, 0.25) is 0 Å². The van der Waals surface area contributed by atoms with Gasteiger partial charge in [-0.2, -0.15) is 0 Å². The monoisotopic (exact) mass is 358 g/mol. The highest BCUT2D eigenvalue weighted by Gasteiger charge is 2.39. The maximum absolute atomic E-state index is 11.8. The Morgan fingerprint density at radius 3 is 1.78 bits per heavy atom. The van der Waals surface area contributed by atoms with E-state index in [1.54, 1.807) is 0 Å². The molecule has 2 fully saturated rings. The van der Waals surface area contributed by atoms with E-state index in [1.165, 1.54) is 0 Å². The van der Waals surface area contributed by atoms with Crippen LogP contribution in [0, 0.1) is 0 Å². The minimum absolute atomic E-state index is 0.101. The number of hydrogen-bond acceptors (Lipinski definition) is 6. The van der Waals surface area contributed by atoms with Crippen LogP contribution in [-0.2, 0) is 26.2 Å². The first-order chi connectivity index (χ1) is 10.7. The van der Waals surface area contributed by atoms with Gasteiger partial charge in [0, 0.05) is 24.3 Å². The Balaban J connectivity index is 1.83. The molecule has 3 rings (SSSR count). The van der Waals surface area contributed by atoms with Crippen molar-refractivity contribution in [1.29, 1.82) is 0 Å². The molecule has 0 bridgehead atoms. The van der Waals surface area contributed by atoms with Gasteiger partial charge in [0.15, 0.2) is 19.7 Å². The molecule has 1 aromatic rings. The second kappa shape index (κ2) is 6.07. The van der Waals surface area contributed by atoms with Crippen molar-refractivity contribution in [2.75, 3.05) is 28.7 Å². The average Bonchev–Trinajstić information content (AvgIpc) is 3.00. The molecule has 2 aliphatic rings. The molecule has 0 saturated carbocycles. The van der Waals surface area contributed by atoms with Gasteiger partial charge < -0.3 is 5.73 Å². The van der Waals surface area contributed by atoms with E-state index in [4.69, 9.17) is 5.73 Å². The van der Waals surface area contributed by atoms with Crippen LogP contribution in [0.25, 0.3) is 0 Å². The molecule has 2 heterocycles. The maximum atomic E-state index is 11.8. The number of rotatable bonds is 4. The fourth-order valence-corrected chi connectivity index (χ4v) is 6.95. The summed E-state index contributed by atoms with van der Waals surface area (Å²) in [7, 11) is -6.02. The van der Waals surface area contributed by atoms with Crippen LogP contribution in [0.1, 0.15) is 18.4 Å². The number of benzene rings is 1. The summed E-state index contributed by atoms with van der Waals surface area (Å²) in [5, 5.41) is 0. The predicted octanol–water partition coefficient (Wildman–Crippen LogP) is 0.445. The van der Waals surface area contributed by atoms with Gasteiger partial charge in [-0.05, 0) is 30.5 Å². The number of nitrogens with zero attached hydrogens (tertiary/aromatic N) is 1. The Kier molecular flexibility index (Phi) is 4.41. The highest BCUT2D eigenvalue weighted by Crippen LogP contribution is 2.27. The second-order valence-electron chi connectivity index (χ2n) is 6.53. The quantitative estimate of drug-likeness (QED) is 0.785. The number of anilines is 1. The van der Waals surface area contributed by atoms with Gasteiger partial charge in [-0.15, -0.1) is 0 Å². The first-order valence-electron chi connectivity index (χ1n) is 7.75. The molecular formula is C15H22N2O4S2. The number of nitrogens with two attached hydrogens (primary N) is 1. The molecule has 0 spiro atoms. The maximum Gasteiger partial charge on any atom is 0.151 e. The van der Waals surface area contributed by atoms with Crippen molar-refractivity contribution >= 4 is 25.4 Å². The first-order valence-corrected chi connectivity index (χ1v) is 11.4. The molecule has 0 unspecified atom stereocenters. The zero-order valence-corrected chi connectivity index (χ0v) is 14.5. The molecule has 2 saturated heterocycles. The Hall–Kier alpha value is -1.12. The van der Waals surface area contributed by atoms with Gasteiger partial charge in [-0.3, -0.25) is 4.90 Å². The molecule has 0 aliphatic carbocycles. The number of sulfone groups is 2. The zero-order valence-electron chi connectivity index (χ0n) is 12.9. The third-order valence-corrected chi connectivity index (χ3v) is 8.20. The Bertz CT molecular complexity index is 728. The van der Waals surface area contributed by atoms with Crippen molar-refractivity contribution in [2.45, 2.75) is 31.5 Å². The fraction of sp³-hybridized carbons (Fsp3) is 0.600. The Morgan fingerprint density at radius 1 is 0.913 bits per heavy atom. The van der Waals surface area contributed by atoms with Gasteiger partial charge in [0.05, 0.1) is 23.0 Å². The first kappa shape index (κ1) is 16.7. The standard InChI is InChI=1S/C15H22N2O4S2/c16-13-3-1-12(2-4-13)9-17(14-5-7-22(18,19)10-14)15-6-8-23(20,21)11-15/h1-4,14-15H,5-11,16H2/t14-,15-/m0/s1. The summed E-state index contributed by atoms with van der Waals surface area (Å²) in [6.45, 7) is 0.556. The van der Waals surface area contributed by atoms with E-state index >= 15 is 0 Å². The molecule has 0 radical (unpaired) electrons. The SMILES string of the molecule is Nc1ccc(CN([C@H]2CCS(=O)(=O)C2)[C@H]2CCS(=O)(=O)C2)cc1. The molecule has 8 heteroatoms. The topological polar surface area (TPSA) is 97.5 Å². The van der Waals surface area contributed by atoms with Crippen molar-refractivity contribution in [2.24, 2.45) is 0 Å². The van der Waals surface area contributed by atoms with Crippen molar-refractivity contribution < 1.29 is 16.8 Å². The summed E-state index contributed by atoms with van der Waals surface area (Å²) in [6, 6.07) is 7.24. The highest BCUT2D eigenvalue weighted by atomic mass is 32.2. The van der Waals surface area contributed by atoms with Crippen LogP contribution in [0.3, 0.4) is 0 Å². The zero-order chi connectivity index (χ0) is 16.7. The molecule has 6 nitrogen and oxygen atoms in total. The summed E-state index contributed by atoms with van der Waals surface area (Å²) in [5.74, 6) is 0.627. The lowest BCUT2D eigenvalue weighted by molar-refractivity contribution is 0.150. The van der Waals surface area contributed by atoms with E-state index < -0.39 is 19.7 Å². The van der Waals surface area contributed by atoms with Crippen LogP contribution < -0.4 is 5.73 Å². The summed E-state index contributed by atoms with van der Waals surface area (Å²) >= 11 is 0. The molecule has 2 atom stereocenters. The smallest absolute Gasteiger partial charge is 0.151 e. The van der Waals surface area contributed by atoms with E-state index in [0.29, 0.717) is 25.1 Å². The Labute approximate surface area is 137 Å². The van der Waals surface area contributed by atoms with Gasteiger partial charge in [-0.25, -0.2) is 16.8 Å². The van der Waals surface area contributed by atoms with Crippen molar-refractivity contribution in [3.8, 4) is 0 Å². The largest absolute Gasteiger partial charge is 0.399 e. The third kappa shape index (κ3) is 4.05. The summed E-state index contributed by atoms with van der Waals surface area (Å²) < 4.78 is 47.3. The van der Waals surface area contributed by atoms with E-state index in [9.17, 15) is 16.8 Å². The molecule has 2 aliphatic heterocycles. The van der Waals surface area contributed by atoms with E-state index in [2.05, 4.69) is 4.90 Å². The molecule has 2 N–H and O–H groups in total. The van der Waals surface area contributed by atoms with Gasteiger partial charge in [-0.1, -0.05) is 12.1 Å². The Morgan fingerprint density at radius 2 is 1.39 bits per heavy atom. The van der Waals surface area contributed by atoms with Crippen LogP contribution in [0.15, 0.2) is 24.3 Å². The van der Waals surface area contributed by atoms with Crippen molar-refractivity contribution in [1.82, 2.24) is 4.90 Å². The van der Waals surface area contributed by atoms with E-state index in [0.717, 1.165) is 5.56 Å². The molecule has 128 valence electrons. The molecule has 0 amide bonds. The third-order valence-electron chi connectivity index (χ3n) is 4.70. The van der Waals surface area contributed by atoms with Crippen LogP contribution >= 0.6 is 0 Å². The van der Waals surface area contributed by atoms with E-state index in [-0.39, 0.29) is 35.1 Å². The van der Waals surface area contributed by atoms with Crippen LogP contribution in [0.4, 0.5) is 5.69 Å². The predicted molar refractivity (Wildman–Crippen MR) is 90.5 cm³/mol. The van der Waals surface area contributed by atoms with Gasteiger partial charge in [0.25, 0.3) is 0 Å². The molecule has 0 aromatic heterocycles.